The van der Waals surface area contributed by atoms with Gasteiger partial charge in [0.05, 0.1) is 11.9 Å². The maximum atomic E-state index is 14.2. The summed E-state index contributed by atoms with van der Waals surface area (Å²) in [5.41, 5.74) is 1.01. The van der Waals surface area contributed by atoms with Gasteiger partial charge in [-0.2, -0.15) is 0 Å². The van der Waals surface area contributed by atoms with E-state index in [-0.39, 0.29) is 11.9 Å². The van der Waals surface area contributed by atoms with Crippen LogP contribution in [0, 0.1) is 12.7 Å². The fourth-order valence-electron chi connectivity index (χ4n) is 3.41. The molecule has 1 aliphatic heterocycles. The van der Waals surface area contributed by atoms with E-state index in [1.54, 1.807) is 27.0 Å². The molecular weight excluding hydrogens is 381 g/mol. The highest BCUT2D eigenvalue weighted by molar-refractivity contribution is 7.88. The first kappa shape index (κ1) is 22.4. The molecule has 1 heterocycles. The molecule has 1 atom stereocenters. The van der Waals surface area contributed by atoms with Crippen molar-refractivity contribution in [3.05, 3.63) is 29.6 Å². The number of guanidine groups is 1. The number of piperidine rings is 1. The Morgan fingerprint density at radius 3 is 2.75 bits per heavy atom. The van der Waals surface area contributed by atoms with Crippen molar-refractivity contribution in [1.29, 1.82) is 0 Å². The Bertz CT molecular complexity index is 811. The quantitative estimate of drug-likeness (QED) is 0.487. The number of nitrogens with one attached hydrogen (secondary N) is 3. The summed E-state index contributed by atoms with van der Waals surface area (Å²) >= 11 is 0. The van der Waals surface area contributed by atoms with Gasteiger partial charge in [-0.25, -0.2) is 17.5 Å². The smallest absolute Gasteiger partial charge is 0.209 e. The van der Waals surface area contributed by atoms with Crippen molar-refractivity contribution in [3.8, 4) is 0 Å². The van der Waals surface area contributed by atoms with Gasteiger partial charge >= 0.3 is 0 Å². The van der Waals surface area contributed by atoms with Gasteiger partial charge in [-0.15, -0.1) is 0 Å². The van der Waals surface area contributed by atoms with Gasteiger partial charge in [-0.05, 0) is 51.3 Å². The third kappa shape index (κ3) is 6.94. The molecule has 28 heavy (non-hydrogen) atoms. The minimum absolute atomic E-state index is 0.117. The largest absolute Gasteiger partial charge is 0.367 e. The second-order valence-corrected chi connectivity index (χ2v) is 9.82. The highest BCUT2D eigenvalue weighted by Crippen LogP contribution is 2.24. The molecule has 1 aromatic carbocycles. The first-order chi connectivity index (χ1) is 13.0. The Hall–Kier alpha value is -1.87. The highest BCUT2D eigenvalue weighted by Gasteiger charge is 2.25. The van der Waals surface area contributed by atoms with E-state index in [0.29, 0.717) is 24.7 Å². The van der Waals surface area contributed by atoms with E-state index in [9.17, 15) is 12.8 Å². The summed E-state index contributed by atoms with van der Waals surface area (Å²) in [7, 11) is -1.63. The van der Waals surface area contributed by atoms with Crippen LogP contribution in [0.3, 0.4) is 0 Å². The molecule has 0 spiro atoms. The van der Waals surface area contributed by atoms with Crippen LogP contribution in [-0.2, 0) is 10.0 Å². The monoisotopic (exact) mass is 413 g/mol. The van der Waals surface area contributed by atoms with Gasteiger partial charge in [-0.3, -0.25) is 4.99 Å². The molecule has 1 fully saturated rings. The zero-order valence-electron chi connectivity index (χ0n) is 17.3. The van der Waals surface area contributed by atoms with Crippen molar-refractivity contribution in [3.63, 3.8) is 0 Å². The second-order valence-electron chi connectivity index (χ2n) is 8.07. The Kier molecular flexibility index (Phi) is 7.28. The highest BCUT2D eigenvalue weighted by atomic mass is 32.2. The SMILES string of the molecule is CN=C(NCC(C)(C)NS(C)(=O)=O)NC1CCCN(c2cc(C)ccc2F)C1. The van der Waals surface area contributed by atoms with E-state index >= 15 is 0 Å². The van der Waals surface area contributed by atoms with Gasteiger partial charge in [0.15, 0.2) is 5.96 Å². The molecule has 1 aliphatic rings. The van der Waals surface area contributed by atoms with Crippen LogP contribution >= 0.6 is 0 Å². The standard InChI is InChI=1S/C19H32FN5O2S/c1-14-8-9-16(20)17(11-14)25-10-6-7-15(12-25)23-18(21-4)22-13-19(2,3)24-28(5,26)27/h8-9,11,15,24H,6-7,10,12-13H2,1-5H3,(H2,21,22,23). The number of sulfonamides is 1. The van der Waals surface area contributed by atoms with Crippen molar-refractivity contribution in [2.24, 2.45) is 4.99 Å². The Morgan fingerprint density at radius 2 is 2.11 bits per heavy atom. The van der Waals surface area contributed by atoms with Crippen LogP contribution in [0.25, 0.3) is 0 Å². The van der Waals surface area contributed by atoms with Crippen molar-refractivity contribution in [2.75, 3.05) is 37.8 Å². The molecule has 0 amide bonds. The lowest BCUT2D eigenvalue weighted by molar-refractivity contribution is 0.435. The topological polar surface area (TPSA) is 85.8 Å². The number of benzene rings is 1. The molecule has 0 aliphatic carbocycles. The molecule has 3 N–H and O–H groups in total. The summed E-state index contributed by atoms with van der Waals surface area (Å²) in [6.45, 7) is 7.43. The molecule has 1 aromatic rings. The van der Waals surface area contributed by atoms with Gasteiger partial charge in [0.1, 0.15) is 5.82 Å². The zero-order valence-corrected chi connectivity index (χ0v) is 18.2. The normalized spacial score (nSPS) is 18.9. The van der Waals surface area contributed by atoms with Gasteiger partial charge in [0, 0.05) is 38.3 Å². The van der Waals surface area contributed by atoms with Crippen molar-refractivity contribution in [2.45, 2.75) is 45.2 Å². The minimum Gasteiger partial charge on any atom is -0.367 e. The molecule has 0 saturated carbocycles. The number of aliphatic imine (C=N–C) groups is 1. The lowest BCUT2D eigenvalue weighted by atomic mass is 10.0. The van der Waals surface area contributed by atoms with Gasteiger partial charge in [0.2, 0.25) is 10.0 Å². The number of rotatable bonds is 6. The van der Waals surface area contributed by atoms with Crippen LogP contribution in [0.1, 0.15) is 32.3 Å². The first-order valence-electron chi connectivity index (χ1n) is 9.46. The van der Waals surface area contributed by atoms with Gasteiger partial charge in [-0.1, -0.05) is 6.07 Å². The van der Waals surface area contributed by atoms with Crippen LogP contribution in [0.15, 0.2) is 23.2 Å². The molecule has 1 unspecified atom stereocenters. The van der Waals surface area contributed by atoms with E-state index in [4.69, 9.17) is 0 Å². The maximum Gasteiger partial charge on any atom is 0.209 e. The minimum atomic E-state index is -3.30. The summed E-state index contributed by atoms with van der Waals surface area (Å²) in [4.78, 5) is 6.30. The average Bonchev–Trinajstić information content (AvgIpc) is 2.59. The number of halogens is 1. The maximum absolute atomic E-state index is 14.2. The van der Waals surface area contributed by atoms with Crippen LogP contribution in [0.5, 0.6) is 0 Å². The van der Waals surface area contributed by atoms with E-state index in [0.717, 1.165) is 31.2 Å². The van der Waals surface area contributed by atoms with E-state index < -0.39 is 15.6 Å². The van der Waals surface area contributed by atoms with Crippen molar-refractivity contribution < 1.29 is 12.8 Å². The molecule has 1 saturated heterocycles. The Morgan fingerprint density at radius 1 is 1.39 bits per heavy atom. The predicted octanol–water partition coefficient (Wildman–Crippen LogP) is 1.60. The second kappa shape index (κ2) is 9.09. The van der Waals surface area contributed by atoms with Crippen molar-refractivity contribution in [1.82, 2.24) is 15.4 Å². The Labute approximate surface area is 167 Å². The molecule has 7 nitrogen and oxygen atoms in total. The average molecular weight is 414 g/mol. The lowest BCUT2D eigenvalue weighted by Crippen LogP contribution is -2.56. The molecule has 0 bridgehead atoms. The third-order valence-electron chi connectivity index (χ3n) is 4.59. The molecular formula is C19H32FN5O2S. The summed E-state index contributed by atoms with van der Waals surface area (Å²) in [5.74, 6) is 0.391. The fourth-order valence-corrected chi connectivity index (χ4v) is 4.49. The van der Waals surface area contributed by atoms with Crippen LogP contribution < -0.4 is 20.3 Å². The van der Waals surface area contributed by atoms with E-state index in [2.05, 4.69) is 25.2 Å². The number of aryl methyl sites for hydroxylation is 1. The van der Waals surface area contributed by atoms with Gasteiger partial charge < -0.3 is 15.5 Å². The molecule has 0 radical (unpaired) electrons. The van der Waals surface area contributed by atoms with Crippen LogP contribution in [0.2, 0.25) is 0 Å². The molecule has 0 aromatic heterocycles. The van der Waals surface area contributed by atoms with E-state index in [1.165, 1.54) is 6.07 Å². The van der Waals surface area contributed by atoms with Crippen molar-refractivity contribution >= 4 is 21.7 Å². The zero-order chi connectivity index (χ0) is 20.9. The summed E-state index contributed by atoms with van der Waals surface area (Å²) < 4.78 is 39.8. The number of nitrogens with zero attached hydrogens (tertiary/aromatic N) is 2. The Balaban J connectivity index is 1.96. The molecule has 2 rings (SSSR count). The third-order valence-corrected chi connectivity index (χ3v) is 5.51. The van der Waals surface area contributed by atoms with Crippen LogP contribution in [0.4, 0.5) is 10.1 Å². The summed E-state index contributed by atoms with van der Waals surface area (Å²) in [5, 5.41) is 6.55. The number of hydrogen-bond acceptors (Lipinski definition) is 4. The lowest BCUT2D eigenvalue weighted by Gasteiger charge is -2.36. The summed E-state index contributed by atoms with van der Waals surface area (Å²) in [6, 6.07) is 5.28. The molecule has 158 valence electrons. The van der Waals surface area contributed by atoms with Crippen LogP contribution in [-0.4, -0.2) is 58.9 Å². The fraction of sp³-hybridized carbons (Fsp3) is 0.632. The number of anilines is 1. The predicted molar refractivity (Wildman–Crippen MR) is 113 cm³/mol. The van der Waals surface area contributed by atoms with Gasteiger partial charge in [0.25, 0.3) is 0 Å². The summed E-state index contributed by atoms with van der Waals surface area (Å²) in [6.07, 6.45) is 3.04. The number of hydrogen-bond donors (Lipinski definition) is 3. The molecule has 9 heteroatoms. The first-order valence-corrected chi connectivity index (χ1v) is 11.4. The van der Waals surface area contributed by atoms with E-state index in [1.807, 2.05) is 13.0 Å².